The van der Waals surface area contributed by atoms with Crippen molar-refractivity contribution in [1.82, 2.24) is 20.2 Å². The van der Waals surface area contributed by atoms with E-state index < -0.39 is 0 Å². The first-order chi connectivity index (χ1) is 12.3. The summed E-state index contributed by atoms with van der Waals surface area (Å²) in [4.78, 5) is 20.9. The Morgan fingerprint density at radius 2 is 1.88 bits per heavy atom. The summed E-state index contributed by atoms with van der Waals surface area (Å²) in [5, 5.41) is 11.0. The number of thiazole rings is 1. The Kier molecular flexibility index (Phi) is 4.45. The molecule has 0 fully saturated rings. The summed E-state index contributed by atoms with van der Waals surface area (Å²) in [7, 11) is 0. The third-order valence-corrected chi connectivity index (χ3v) is 5.18. The van der Waals surface area contributed by atoms with Crippen LogP contribution in [0.5, 0.6) is 0 Å². The zero-order valence-corrected chi connectivity index (χ0v) is 14.6. The average molecular weight is 367 g/mol. The number of H-pyrrole nitrogens is 1. The molecule has 2 aromatic heterocycles. The van der Waals surface area contributed by atoms with Gasteiger partial charge in [0.05, 0.1) is 16.0 Å². The van der Waals surface area contributed by atoms with E-state index in [0.29, 0.717) is 16.1 Å². The van der Waals surface area contributed by atoms with Crippen molar-refractivity contribution in [2.24, 2.45) is 0 Å². The molecule has 0 saturated heterocycles. The Hall–Kier alpha value is -2.71. The molecule has 0 aliphatic rings. The highest BCUT2D eigenvalue weighted by atomic mass is 32.2. The minimum absolute atomic E-state index is 0.130. The molecule has 0 atom stereocenters. The minimum atomic E-state index is -0.130. The average Bonchev–Trinajstić information content (AvgIpc) is 3.27. The Balaban J connectivity index is 1.36. The number of thioether (sulfide) groups is 1. The molecule has 0 radical (unpaired) electrons. The van der Waals surface area contributed by atoms with Crippen LogP contribution >= 0.6 is 23.1 Å². The molecular formula is C17H13N5OS2. The molecule has 8 heteroatoms. The van der Waals surface area contributed by atoms with E-state index in [4.69, 9.17) is 0 Å². The molecule has 2 heterocycles. The molecule has 4 rings (SSSR count). The van der Waals surface area contributed by atoms with E-state index in [0.717, 1.165) is 15.8 Å². The van der Waals surface area contributed by atoms with Crippen LogP contribution in [0.3, 0.4) is 0 Å². The van der Waals surface area contributed by atoms with E-state index in [1.807, 2.05) is 54.6 Å². The Labute approximate surface area is 151 Å². The number of anilines is 1. The molecule has 25 heavy (non-hydrogen) atoms. The van der Waals surface area contributed by atoms with Crippen LogP contribution < -0.4 is 5.32 Å². The van der Waals surface area contributed by atoms with Gasteiger partial charge in [-0.25, -0.2) is 9.97 Å². The number of hydrogen-bond acceptors (Lipinski definition) is 6. The van der Waals surface area contributed by atoms with Gasteiger partial charge in [-0.15, -0.1) is 5.10 Å². The lowest BCUT2D eigenvalue weighted by molar-refractivity contribution is -0.113. The fourth-order valence-corrected chi connectivity index (χ4v) is 3.73. The maximum absolute atomic E-state index is 12.1. The van der Waals surface area contributed by atoms with Gasteiger partial charge in [0.15, 0.2) is 11.0 Å². The largest absolute Gasteiger partial charge is 0.301 e. The molecule has 0 unspecified atom stereocenters. The Morgan fingerprint density at radius 3 is 2.72 bits per heavy atom. The number of para-hydroxylation sites is 1. The number of aromatic amines is 1. The van der Waals surface area contributed by atoms with Crippen LogP contribution in [-0.2, 0) is 4.79 Å². The maximum atomic E-state index is 12.1. The van der Waals surface area contributed by atoms with Gasteiger partial charge in [-0.2, -0.15) is 0 Å². The highest BCUT2D eigenvalue weighted by Crippen LogP contribution is 2.25. The molecule has 0 saturated carbocycles. The summed E-state index contributed by atoms with van der Waals surface area (Å²) in [6, 6.07) is 17.5. The number of aromatic nitrogens is 4. The zero-order chi connectivity index (χ0) is 17.1. The van der Waals surface area contributed by atoms with Gasteiger partial charge in [-0.3, -0.25) is 9.89 Å². The van der Waals surface area contributed by atoms with Gasteiger partial charge in [0.2, 0.25) is 11.1 Å². The van der Waals surface area contributed by atoms with E-state index in [1.54, 1.807) is 0 Å². The van der Waals surface area contributed by atoms with Gasteiger partial charge >= 0.3 is 0 Å². The van der Waals surface area contributed by atoms with Crippen LogP contribution in [0.2, 0.25) is 0 Å². The molecule has 124 valence electrons. The molecule has 0 aliphatic carbocycles. The second kappa shape index (κ2) is 7.04. The number of fused-ring (bicyclic) bond motifs is 1. The van der Waals surface area contributed by atoms with Crippen molar-refractivity contribution in [2.45, 2.75) is 5.16 Å². The quantitative estimate of drug-likeness (QED) is 0.524. The Bertz CT molecular complexity index is 979. The minimum Gasteiger partial charge on any atom is -0.301 e. The molecular weight excluding hydrogens is 354 g/mol. The number of rotatable bonds is 5. The summed E-state index contributed by atoms with van der Waals surface area (Å²) in [5.41, 5.74) is 1.85. The third-order valence-electron chi connectivity index (χ3n) is 3.38. The van der Waals surface area contributed by atoms with Crippen LogP contribution in [0, 0.1) is 0 Å². The third kappa shape index (κ3) is 3.70. The van der Waals surface area contributed by atoms with Crippen molar-refractivity contribution in [3.8, 4) is 11.4 Å². The van der Waals surface area contributed by atoms with E-state index in [2.05, 4.69) is 25.5 Å². The fourth-order valence-electron chi connectivity index (χ4n) is 2.25. The van der Waals surface area contributed by atoms with E-state index in [9.17, 15) is 4.79 Å². The number of hydrogen-bond donors (Lipinski definition) is 2. The van der Waals surface area contributed by atoms with E-state index in [-0.39, 0.29) is 11.7 Å². The summed E-state index contributed by atoms with van der Waals surface area (Å²) in [6.45, 7) is 0. The Morgan fingerprint density at radius 1 is 1.08 bits per heavy atom. The monoisotopic (exact) mass is 367 g/mol. The summed E-state index contributed by atoms with van der Waals surface area (Å²) >= 11 is 2.74. The van der Waals surface area contributed by atoms with Gasteiger partial charge in [0, 0.05) is 5.56 Å². The number of nitrogens with one attached hydrogen (secondary N) is 2. The molecule has 4 aromatic rings. The molecule has 1 amide bonds. The number of amides is 1. The maximum Gasteiger partial charge on any atom is 0.236 e. The summed E-state index contributed by atoms with van der Waals surface area (Å²) in [6.07, 6.45) is 0. The SMILES string of the molecule is O=C(CSc1n[nH]c(-c2ccccc2)n1)Nc1nc2ccccc2s1. The zero-order valence-electron chi connectivity index (χ0n) is 13.0. The second-order valence-electron chi connectivity index (χ2n) is 5.16. The lowest BCUT2D eigenvalue weighted by Crippen LogP contribution is -2.13. The predicted octanol–water partition coefficient (Wildman–Crippen LogP) is 3.81. The number of benzene rings is 2. The van der Waals surface area contributed by atoms with Gasteiger partial charge in [-0.05, 0) is 12.1 Å². The lowest BCUT2D eigenvalue weighted by Gasteiger charge is -1.98. The van der Waals surface area contributed by atoms with Crippen molar-refractivity contribution in [1.29, 1.82) is 0 Å². The normalized spacial score (nSPS) is 10.9. The van der Waals surface area contributed by atoms with Crippen molar-refractivity contribution >= 4 is 44.4 Å². The van der Waals surface area contributed by atoms with Crippen LogP contribution in [-0.4, -0.2) is 31.8 Å². The van der Waals surface area contributed by atoms with E-state index >= 15 is 0 Å². The van der Waals surface area contributed by atoms with Crippen LogP contribution in [0.15, 0.2) is 59.8 Å². The van der Waals surface area contributed by atoms with Gasteiger partial charge in [0.25, 0.3) is 0 Å². The van der Waals surface area contributed by atoms with Crippen molar-refractivity contribution in [3.63, 3.8) is 0 Å². The van der Waals surface area contributed by atoms with Gasteiger partial charge in [-0.1, -0.05) is 65.6 Å². The first kappa shape index (κ1) is 15.8. The molecule has 0 spiro atoms. The van der Waals surface area contributed by atoms with Crippen molar-refractivity contribution < 1.29 is 4.79 Å². The second-order valence-corrected chi connectivity index (χ2v) is 7.13. The highest BCUT2D eigenvalue weighted by molar-refractivity contribution is 7.99. The fraction of sp³-hybridized carbons (Fsp3) is 0.0588. The van der Waals surface area contributed by atoms with Crippen molar-refractivity contribution in [2.75, 3.05) is 11.1 Å². The summed E-state index contributed by atoms with van der Waals surface area (Å²) < 4.78 is 1.05. The van der Waals surface area contributed by atoms with Gasteiger partial charge in [0.1, 0.15) is 0 Å². The first-order valence-electron chi connectivity index (χ1n) is 7.54. The topological polar surface area (TPSA) is 83.6 Å². The molecule has 6 nitrogen and oxygen atoms in total. The molecule has 2 N–H and O–H groups in total. The standard InChI is InChI=1S/C17H13N5OS2/c23-14(19-16-18-12-8-4-5-9-13(12)25-16)10-24-17-20-15(21-22-17)11-6-2-1-3-7-11/h1-9H,10H2,(H,18,19,23)(H,20,21,22). The van der Waals surface area contributed by atoms with Gasteiger partial charge < -0.3 is 5.32 Å². The highest BCUT2D eigenvalue weighted by Gasteiger charge is 2.11. The number of nitrogens with zero attached hydrogens (tertiary/aromatic N) is 3. The van der Waals surface area contributed by atoms with Crippen LogP contribution in [0.1, 0.15) is 0 Å². The van der Waals surface area contributed by atoms with E-state index in [1.165, 1.54) is 23.1 Å². The smallest absolute Gasteiger partial charge is 0.236 e. The molecule has 0 aliphatic heterocycles. The molecule has 2 aromatic carbocycles. The van der Waals surface area contributed by atoms with Crippen LogP contribution in [0.25, 0.3) is 21.6 Å². The number of carbonyl (C=O) groups excluding carboxylic acids is 1. The predicted molar refractivity (Wildman–Crippen MR) is 101 cm³/mol. The lowest BCUT2D eigenvalue weighted by atomic mass is 10.2. The summed E-state index contributed by atoms with van der Waals surface area (Å²) in [5.74, 6) is 0.784. The first-order valence-corrected chi connectivity index (χ1v) is 9.34. The molecule has 0 bridgehead atoms. The van der Waals surface area contributed by atoms with Crippen LogP contribution in [0.4, 0.5) is 5.13 Å². The number of carbonyl (C=O) groups is 1. The van der Waals surface area contributed by atoms with Crippen molar-refractivity contribution in [3.05, 3.63) is 54.6 Å².